The fourth-order valence-electron chi connectivity index (χ4n) is 1.87. The van der Waals surface area contributed by atoms with Gasteiger partial charge < -0.3 is 0 Å². The van der Waals surface area contributed by atoms with Gasteiger partial charge in [-0.1, -0.05) is 70.3 Å². The lowest BCUT2D eigenvalue weighted by Crippen LogP contribution is -2.00. The number of hydrogen-bond acceptors (Lipinski definition) is 1. The molecule has 0 saturated heterocycles. The lowest BCUT2D eigenvalue weighted by atomic mass is 10.0. The molecule has 0 bridgehead atoms. The number of aliphatic imine (C=N–C) groups is 1. The van der Waals surface area contributed by atoms with E-state index >= 15 is 0 Å². The first-order valence-electron chi connectivity index (χ1n) is 7.77. The van der Waals surface area contributed by atoms with Crippen LogP contribution in [0.25, 0.3) is 0 Å². The standard InChI is InChI=1S/C10H13N.C8H10.C2H6/c1-4-9-7-6-8(3)11-10(9)5-2;1-2-8-6-4-3-5-7-8;1-2/h4-5H,1-2,6-7H2,3H3;3-7H,2H2,1H3;1-2H3. The number of benzene rings is 1. The van der Waals surface area contributed by atoms with Crippen LogP contribution in [0.4, 0.5) is 0 Å². The lowest BCUT2D eigenvalue weighted by Gasteiger charge is -2.11. The van der Waals surface area contributed by atoms with Gasteiger partial charge in [0.05, 0.1) is 5.70 Å². The Morgan fingerprint density at radius 3 is 2.10 bits per heavy atom. The molecule has 0 unspecified atom stereocenters. The second-order valence-electron chi connectivity index (χ2n) is 4.50. The normalized spacial score (nSPS) is 13.0. The van der Waals surface area contributed by atoms with Crippen LogP contribution in [-0.4, -0.2) is 5.71 Å². The minimum atomic E-state index is 0.990. The van der Waals surface area contributed by atoms with Crippen molar-refractivity contribution in [3.05, 3.63) is 72.5 Å². The van der Waals surface area contributed by atoms with E-state index in [2.05, 4.69) is 49.3 Å². The summed E-state index contributed by atoms with van der Waals surface area (Å²) in [6.07, 6.45) is 6.91. The number of aryl methyl sites for hydroxylation is 1. The van der Waals surface area contributed by atoms with E-state index in [1.165, 1.54) is 16.8 Å². The van der Waals surface area contributed by atoms with Crippen LogP contribution in [0.1, 0.15) is 46.1 Å². The van der Waals surface area contributed by atoms with Crippen molar-refractivity contribution in [1.82, 2.24) is 0 Å². The maximum atomic E-state index is 4.36. The van der Waals surface area contributed by atoms with Gasteiger partial charge in [0.15, 0.2) is 0 Å². The number of nitrogens with zero attached hydrogens (tertiary/aromatic N) is 1. The van der Waals surface area contributed by atoms with Crippen molar-refractivity contribution >= 4 is 5.71 Å². The molecule has 1 aliphatic rings. The van der Waals surface area contributed by atoms with E-state index in [-0.39, 0.29) is 0 Å². The van der Waals surface area contributed by atoms with Crippen molar-refractivity contribution in [2.45, 2.75) is 47.0 Å². The molecule has 0 fully saturated rings. The molecule has 1 heterocycles. The van der Waals surface area contributed by atoms with E-state index in [4.69, 9.17) is 0 Å². The molecule has 1 aromatic rings. The summed E-state index contributed by atoms with van der Waals surface area (Å²) in [4.78, 5) is 4.36. The summed E-state index contributed by atoms with van der Waals surface area (Å²) in [7, 11) is 0. The average Bonchev–Trinajstić information content (AvgIpc) is 2.58. The van der Waals surface area contributed by atoms with Gasteiger partial charge >= 0.3 is 0 Å². The maximum Gasteiger partial charge on any atom is 0.0654 e. The van der Waals surface area contributed by atoms with Crippen LogP contribution in [0.15, 0.2) is 71.9 Å². The Balaban J connectivity index is 0.000000354. The molecule has 0 radical (unpaired) electrons. The third-order valence-corrected chi connectivity index (χ3v) is 3.09. The van der Waals surface area contributed by atoms with Crippen LogP contribution in [0.2, 0.25) is 0 Å². The van der Waals surface area contributed by atoms with Gasteiger partial charge in [-0.05, 0) is 43.4 Å². The van der Waals surface area contributed by atoms with Gasteiger partial charge in [0, 0.05) is 5.71 Å². The first-order valence-corrected chi connectivity index (χ1v) is 7.77. The van der Waals surface area contributed by atoms with Crippen molar-refractivity contribution in [2.24, 2.45) is 4.99 Å². The molecule has 1 aromatic carbocycles. The summed E-state index contributed by atoms with van der Waals surface area (Å²) < 4.78 is 0. The smallest absolute Gasteiger partial charge is 0.0654 e. The Kier molecular flexibility index (Phi) is 10.8. The van der Waals surface area contributed by atoms with Crippen LogP contribution in [0.3, 0.4) is 0 Å². The van der Waals surface area contributed by atoms with Crippen molar-refractivity contribution in [1.29, 1.82) is 0 Å². The summed E-state index contributed by atoms with van der Waals surface area (Å²) in [6, 6.07) is 10.5. The fraction of sp³-hybridized carbons (Fsp3) is 0.350. The molecule has 0 aliphatic carbocycles. The van der Waals surface area contributed by atoms with Gasteiger partial charge in [-0.3, -0.25) is 4.99 Å². The average molecular weight is 283 g/mol. The second-order valence-corrected chi connectivity index (χ2v) is 4.50. The molecule has 0 N–H and O–H groups in total. The van der Waals surface area contributed by atoms with E-state index in [1.807, 2.05) is 32.9 Å². The molecular weight excluding hydrogens is 254 g/mol. The molecule has 0 saturated carbocycles. The molecule has 0 aromatic heterocycles. The van der Waals surface area contributed by atoms with E-state index in [1.54, 1.807) is 6.08 Å². The highest BCUT2D eigenvalue weighted by atomic mass is 14.8. The summed E-state index contributed by atoms with van der Waals surface area (Å²) in [5.74, 6) is 0. The Labute approximate surface area is 130 Å². The molecule has 2 rings (SSSR count). The first kappa shape index (κ1) is 19.1. The highest BCUT2D eigenvalue weighted by molar-refractivity contribution is 5.84. The third kappa shape index (κ3) is 7.45. The summed E-state index contributed by atoms with van der Waals surface area (Å²) in [5, 5.41) is 0. The summed E-state index contributed by atoms with van der Waals surface area (Å²) >= 11 is 0. The minimum Gasteiger partial charge on any atom is -0.258 e. The predicted octanol–water partition coefficient (Wildman–Crippen LogP) is 6.14. The molecule has 114 valence electrons. The van der Waals surface area contributed by atoms with Gasteiger partial charge in [-0.15, -0.1) is 0 Å². The van der Waals surface area contributed by atoms with Gasteiger partial charge in [-0.25, -0.2) is 0 Å². The Morgan fingerprint density at radius 1 is 1.05 bits per heavy atom. The van der Waals surface area contributed by atoms with Crippen molar-refractivity contribution in [3.8, 4) is 0 Å². The molecule has 21 heavy (non-hydrogen) atoms. The lowest BCUT2D eigenvalue weighted by molar-refractivity contribution is 0.982. The molecule has 0 amide bonds. The van der Waals surface area contributed by atoms with Crippen LogP contribution < -0.4 is 0 Å². The van der Waals surface area contributed by atoms with Crippen molar-refractivity contribution < 1.29 is 0 Å². The van der Waals surface area contributed by atoms with E-state index in [0.29, 0.717) is 0 Å². The third-order valence-electron chi connectivity index (χ3n) is 3.09. The van der Waals surface area contributed by atoms with Crippen molar-refractivity contribution in [2.75, 3.05) is 0 Å². The van der Waals surface area contributed by atoms with Gasteiger partial charge in [-0.2, -0.15) is 0 Å². The quantitative estimate of drug-likeness (QED) is 0.631. The monoisotopic (exact) mass is 283 g/mol. The van der Waals surface area contributed by atoms with Gasteiger partial charge in [0.25, 0.3) is 0 Å². The number of hydrogen-bond donors (Lipinski definition) is 0. The molecule has 0 atom stereocenters. The zero-order chi connectivity index (χ0) is 16.1. The number of rotatable bonds is 3. The van der Waals surface area contributed by atoms with Crippen LogP contribution in [0, 0.1) is 0 Å². The SMILES string of the molecule is C=CC1=C(C=C)N=C(C)CC1.CC.CCc1ccccc1. The largest absolute Gasteiger partial charge is 0.258 e. The van der Waals surface area contributed by atoms with Crippen LogP contribution >= 0.6 is 0 Å². The fourth-order valence-corrected chi connectivity index (χ4v) is 1.87. The summed E-state index contributed by atoms with van der Waals surface area (Å²) in [6.45, 7) is 15.6. The van der Waals surface area contributed by atoms with Gasteiger partial charge in [0.2, 0.25) is 0 Å². The van der Waals surface area contributed by atoms with Crippen molar-refractivity contribution in [3.63, 3.8) is 0 Å². The molecular formula is C20H29N. The Morgan fingerprint density at radius 2 is 1.67 bits per heavy atom. The Bertz CT molecular complexity index is 478. The highest BCUT2D eigenvalue weighted by Crippen LogP contribution is 2.20. The number of allylic oxidation sites excluding steroid dienone is 3. The van der Waals surface area contributed by atoms with E-state index in [9.17, 15) is 0 Å². The first-order chi connectivity index (χ1) is 10.2. The maximum absolute atomic E-state index is 4.36. The highest BCUT2D eigenvalue weighted by Gasteiger charge is 2.06. The van der Waals surface area contributed by atoms with E-state index < -0.39 is 0 Å². The second kappa shape index (κ2) is 11.9. The Hall–Kier alpha value is -1.89. The predicted molar refractivity (Wildman–Crippen MR) is 96.9 cm³/mol. The minimum absolute atomic E-state index is 0.990. The molecule has 0 spiro atoms. The zero-order valence-corrected chi connectivity index (χ0v) is 14.0. The van der Waals surface area contributed by atoms with Crippen LogP contribution in [0.5, 0.6) is 0 Å². The topological polar surface area (TPSA) is 12.4 Å². The zero-order valence-electron chi connectivity index (χ0n) is 14.0. The summed E-state index contributed by atoms with van der Waals surface area (Å²) in [5.41, 5.74) is 4.80. The molecule has 1 heteroatoms. The van der Waals surface area contributed by atoms with Gasteiger partial charge in [0.1, 0.15) is 0 Å². The molecule has 1 nitrogen and oxygen atoms in total. The van der Waals surface area contributed by atoms with E-state index in [0.717, 1.165) is 25.0 Å². The molecule has 1 aliphatic heterocycles. The van der Waals surface area contributed by atoms with Crippen LogP contribution in [-0.2, 0) is 6.42 Å².